The number of pyridine rings is 1. The Morgan fingerprint density at radius 3 is 2.57 bits per heavy atom. The predicted molar refractivity (Wildman–Crippen MR) is 112 cm³/mol. The Morgan fingerprint density at radius 1 is 1.21 bits per heavy atom. The van der Waals surface area contributed by atoms with Crippen LogP contribution in [0.1, 0.15) is 45.9 Å². The number of nitriles is 1. The lowest BCUT2D eigenvalue weighted by Crippen LogP contribution is -2.49. The minimum Gasteiger partial charge on any atom is -0.368 e. The smallest absolute Gasteiger partial charge is 0.255 e. The van der Waals surface area contributed by atoms with Crippen molar-refractivity contribution in [3.8, 4) is 6.07 Å². The van der Waals surface area contributed by atoms with Gasteiger partial charge in [0.1, 0.15) is 11.1 Å². The number of aryl methyl sites for hydroxylation is 1. The van der Waals surface area contributed by atoms with Crippen LogP contribution in [0.2, 0.25) is 0 Å². The molecule has 0 atom stereocenters. The van der Waals surface area contributed by atoms with Crippen LogP contribution in [0.4, 0.5) is 5.69 Å². The van der Waals surface area contributed by atoms with Gasteiger partial charge >= 0.3 is 0 Å². The van der Waals surface area contributed by atoms with Crippen molar-refractivity contribution in [2.45, 2.75) is 30.7 Å². The SMILES string of the molecule is CSc1nc(C2CC2)cc(C(=O)N2CCN(c3cccc(C)c3)CC2)c1C#N. The molecular weight excluding hydrogens is 368 g/mol. The second kappa shape index (κ2) is 7.84. The third kappa shape index (κ3) is 3.72. The number of rotatable bonds is 4. The van der Waals surface area contributed by atoms with E-state index in [-0.39, 0.29) is 5.91 Å². The molecule has 2 aliphatic rings. The molecule has 0 unspecified atom stereocenters. The van der Waals surface area contributed by atoms with Crippen molar-refractivity contribution in [3.05, 3.63) is 52.7 Å². The van der Waals surface area contributed by atoms with Crippen LogP contribution in [0.5, 0.6) is 0 Å². The van der Waals surface area contributed by atoms with E-state index in [0.717, 1.165) is 31.6 Å². The van der Waals surface area contributed by atoms with Crippen LogP contribution in [0.3, 0.4) is 0 Å². The van der Waals surface area contributed by atoms with Gasteiger partial charge in [-0.15, -0.1) is 11.8 Å². The van der Waals surface area contributed by atoms with Crippen molar-refractivity contribution < 1.29 is 4.79 Å². The van der Waals surface area contributed by atoms with Gasteiger partial charge < -0.3 is 9.80 Å². The van der Waals surface area contributed by atoms with Crippen LogP contribution in [-0.2, 0) is 0 Å². The number of benzene rings is 1. The van der Waals surface area contributed by atoms with Crippen LogP contribution in [0.15, 0.2) is 35.4 Å². The molecule has 5 nitrogen and oxygen atoms in total. The van der Waals surface area contributed by atoms with Crippen LogP contribution in [0.25, 0.3) is 0 Å². The number of carbonyl (C=O) groups is 1. The van der Waals surface area contributed by atoms with E-state index in [0.29, 0.717) is 35.2 Å². The van der Waals surface area contributed by atoms with Gasteiger partial charge in [-0.25, -0.2) is 4.98 Å². The second-order valence-corrected chi connectivity index (χ2v) is 8.28. The molecule has 0 bridgehead atoms. The fourth-order valence-corrected chi connectivity index (χ4v) is 4.27. The van der Waals surface area contributed by atoms with E-state index < -0.39 is 0 Å². The summed E-state index contributed by atoms with van der Waals surface area (Å²) in [5, 5.41) is 10.3. The van der Waals surface area contributed by atoms with Crippen LogP contribution >= 0.6 is 11.8 Å². The summed E-state index contributed by atoms with van der Waals surface area (Å²) < 4.78 is 0. The summed E-state index contributed by atoms with van der Waals surface area (Å²) in [5.41, 5.74) is 4.35. The summed E-state index contributed by atoms with van der Waals surface area (Å²) in [5.74, 6) is 0.406. The minimum absolute atomic E-state index is 0.0416. The Hall–Kier alpha value is -2.52. The lowest BCUT2D eigenvalue weighted by Gasteiger charge is -2.36. The average Bonchev–Trinajstić information content (AvgIpc) is 3.57. The monoisotopic (exact) mass is 392 g/mol. The van der Waals surface area contributed by atoms with E-state index in [2.05, 4.69) is 47.1 Å². The Balaban J connectivity index is 1.54. The molecule has 1 saturated heterocycles. The fraction of sp³-hybridized carbons (Fsp3) is 0.409. The molecule has 144 valence electrons. The van der Waals surface area contributed by atoms with E-state index in [1.54, 1.807) is 0 Å². The molecule has 1 aliphatic heterocycles. The molecule has 4 rings (SSSR count). The summed E-state index contributed by atoms with van der Waals surface area (Å²) in [6, 6.07) is 12.6. The van der Waals surface area contributed by atoms with Crippen LogP contribution < -0.4 is 4.90 Å². The molecule has 28 heavy (non-hydrogen) atoms. The Morgan fingerprint density at radius 2 is 1.96 bits per heavy atom. The fourth-order valence-electron chi connectivity index (χ4n) is 3.72. The van der Waals surface area contributed by atoms with Gasteiger partial charge in [-0.2, -0.15) is 5.26 Å². The van der Waals surface area contributed by atoms with Gasteiger partial charge in [0.25, 0.3) is 5.91 Å². The number of hydrogen-bond donors (Lipinski definition) is 0. The van der Waals surface area contributed by atoms with Crippen LogP contribution in [-0.4, -0.2) is 48.2 Å². The molecular formula is C22H24N4OS. The summed E-state index contributed by atoms with van der Waals surface area (Å²) in [6.07, 6.45) is 4.15. The lowest BCUT2D eigenvalue weighted by atomic mass is 10.1. The highest BCUT2D eigenvalue weighted by molar-refractivity contribution is 7.98. The van der Waals surface area contributed by atoms with Gasteiger partial charge in [-0.05, 0) is 49.8 Å². The highest BCUT2D eigenvalue weighted by atomic mass is 32.2. The van der Waals surface area contributed by atoms with Crippen molar-refractivity contribution in [2.75, 3.05) is 37.3 Å². The molecule has 2 heterocycles. The molecule has 1 saturated carbocycles. The van der Waals surface area contributed by atoms with Gasteiger partial charge in [0.2, 0.25) is 0 Å². The van der Waals surface area contributed by atoms with Gasteiger partial charge in [0.05, 0.1) is 11.1 Å². The van der Waals surface area contributed by atoms with Gasteiger partial charge in [0.15, 0.2) is 0 Å². The zero-order valence-electron chi connectivity index (χ0n) is 16.3. The quantitative estimate of drug-likeness (QED) is 0.740. The maximum atomic E-state index is 13.3. The summed E-state index contributed by atoms with van der Waals surface area (Å²) in [6.45, 7) is 5.01. The largest absolute Gasteiger partial charge is 0.368 e. The highest BCUT2D eigenvalue weighted by Crippen LogP contribution is 2.40. The Kier molecular flexibility index (Phi) is 5.27. The topological polar surface area (TPSA) is 60.2 Å². The molecule has 0 radical (unpaired) electrons. The maximum Gasteiger partial charge on any atom is 0.255 e. The standard InChI is InChI=1S/C22H24N4OS/c1-15-4-3-5-17(12-15)25-8-10-26(11-9-25)22(27)18-13-20(16-6-7-16)24-21(28-2)19(18)14-23/h3-5,12-13,16H,6-11H2,1-2H3. The van der Waals surface area contributed by atoms with Gasteiger partial charge in [-0.3, -0.25) is 4.79 Å². The molecule has 2 fully saturated rings. The first-order chi connectivity index (χ1) is 13.6. The number of thioether (sulfide) groups is 1. The third-order valence-electron chi connectivity index (χ3n) is 5.47. The van der Waals surface area contributed by atoms with Gasteiger partial charge in [-0.1, -0.05) is 12.1 Å². The lowest BCUT2D eigenvalue weighted by molar-refractivity contribution is 0.0746. The average molecular weight is 393 g/mol. The van der Waals surface area contributed by atoms with E-state index in [9.17, 15) is 10.1 Å². The maximum absolute atomic E-state index is 13.3. The summed E-state index contributed by atoms with van der Waals surface area (Å²) in [4.78, 5) is 22.1. The number of aromatic nitrogens is 1. The zero-order chi connectivity index (χ0) is 19.7. The van der Waals surface area contributed by atoms with Gasteiger partial charge in [0, 0.05) is 43.5 Å². The van der Waals surface area contributed by atoms with E-state index in [4.69, 9.17) is 0 Å². The highest BCUT2D eigenvalue weighted by Gasteiger charge is 2.30. The molecule has 1 amide bonds. The minimum atomic E-state index is -0.0416. The van der Waals surface area contributed by atoms with Crippen molar-refractivity contribution >= 4 is 23.4 Å². The first-order valence-corrected chi connectivity index (χ1v) is 10.9. The number of nitrogens with zero attached hydrogens (tertiary/aromatic N) is 4. The number of anilines is 1. The molecule has 0 N–H and O–H groups in total. The molecule has 2 aromatic rings. The molecule has 1 aromatic heterocycles. The predicted octanol–water partition coefficient (Wildman–Crippen LogP) is 3.82. The first kappa shape index (κ1) is 18.8. The molecule has 0 spiro atoms. The Bertz CT molecular complexity index is 940. The Labute approximate surface area is 170 Å². The molecule has 1 aliphatic carbocycles. The third-order valence-corrected chi connectivity index (χ3v) is 6.15. The molecule has 6 heteroatoms. The number of amides is 1. The first-order valence-electron chi connectivity index (χ1n) is 9.70. The number of hydrogen-bond acceptors (Lipinski definition) is 5. The van der Waals surface area contributed by atoms with Crippen molar-refractivity contribution in [2.24, 2.45) is 0 Å². The van der Waals surface area contributed by atoms with Crippen molar-refractivity contribution in [1.29, 1.82) is 5.26 Å². The second-order valence-electron chi connectivity index (χ2n) is 7.48. The van der Waals surface area contributed by atoms with E-state index in [1.165, 1.54) is 23.0 Å². The normalized spacial score (nSPS) is 16.8. The summed E-state index contributed by atoms with van der Waals surface area (Å²) in [7, 11) is 0. The number of carbonyl (C=O) groups excluding carboxylic acids is 1. The number of piperazine rings is 1. The van der Waals surface area contributed by atoms with Crippen molar-refractivity contribution in [3.63, 3.8) is 0 Å². The summed E-state index contributed by atoms with van der Waals surface area (Å²) >= 11 is 1.44. The van der Waals surface area contributed by atoms with E-state index >= 15 is 0 Å². The molecule has 1 aromatic carbocycles. The van der Waals surface area contributed by atoms with Crippen molar-refractivity contribution in [1.82, 2.24) is 9.88 Å². The van der Waals surface area contributed by atoms with Crippen LogP contribution in [0, 0.1) is 18.3 Å². The zero-order valence-corrected chi connectivity index (χ0v) is 17.1. The van der Waals surface area contributed by atoms with E-state index in [1.807, 2.05) is 17.2 Å².